The van der Waals surface area contributed by atoms with Gasteiger partial charge in [-0.05, 0) is 38.3 Å². The molecule has 2 heterocycles. The lowest BCUT2D eigenvalue weighted by Gasteiger charge is -2.34. The Kier molecular flexibility index (Phi) is 4.46. The molecule has 1 saturated heterocycles. The SMILES string of the molecule is CNCc1cc(CN2CC(C)CC(C)C2)c(C)o1. The molecule has 1 aliphatic rings. The van der Waals surface area contributed by atoms with Gasteiger partial charge in [0.05, 0.1) is 6.54 Å². The Balaban J connectivity index is 1.99. The summed E-state index contributed by atoms with van der Waals surface area (Å²) in [5.41, 5.74) is 1.35. The number of aryl methyl sites for hydroxylation is 1. The first-order valence-corrected chi connectivity index (χ1v) is 7.03. The van der Waals surface area contributed by atoms with Crippen molar-refractivity contribution in [1.29, 1.82) is 0 Å². The zero-order chi connectivity index (χ0) is 13.1. The second-order valence-corrected chi connectivity index (χ2v) is 5.96. The van der Waals surface area contributed by atoms with E-state index in [9.17, 15) is 0 Å². The number of furan rings is 1. The highest BCUT2D eigenvalue weighted by Gasteiger charge is 2.22. The first-order valence-electron chi connectivity index (χ1n) is 7.03. The fourth-order valence-electron chi connectivity index (χ4n) is 3.17. The average molecular weight is 250 g/mol. The van der Waals surface area contributed by atoms with Crippen LogP contribution in [0.5, 0.6) is 0 Å². The molecule has 2 rings (SSSR count). The summed E-state index contributed by atoms with van der Waals surface area (Å²) < 4.78 is 5.76. The van der Waals surface area contributed by atoms with E-state index in [4.69, 9.17) is 4.42 Å². The van der Waals surface area contributed by atoms with Gasteiger partial charge in [0.15, 0.2) is 0 Å². The Morgan fingerprint density at radius 3 is 2.61 bits per heavy atom. The molecule has 0 aliphatic carbocycles. The largest absolute Gasteiger partial charge is 0.465 e. The number of hydrogen-bond donors (Lipinski definition) is 1. The third kappa shape index (κ3) is 3.36. The maximum atomic E-state index is 5.76. The summed E-state index contributed by atoms with van der Waals surface area (Å²) in [6.45, 7) is 11.1. The minimum absolute atomic E-state index is 0.813. The summed E-state index contributed by atoms with van der Waals surface area (Å²) in [4.78, 5) is 2.57. The molecular weight excluding hydrogens is 224 g/mol. The molecule has 1 aromatic rings. The van der Waals surface area contributed by atoms with Crippen molar-refractivity contribution in [2.24, 2.45) is 11.8 Å². The van der Waals surface area contributed by atoms with Crippen LogP contribution in [-0.2, 0) is 13.1 Å². The third-order valence-corrected chi connectivity index (χ3v) is 3.76. The summed E-state index contributed by atoms with van der Waals surface area (Å²) in [5, 5.41) is 3.13. The van der Waals surface area contributed by atoms with Crippen molar-refractivity contribution in [3.05, 3.63) is 23.2 Å². The fourth-order valence-corrected chi connectivity index (χ4v) is 3.17. The summed E-state index contributed by atoms with van der Waals surface area (Å²) >= 11 is 0. The maximum absolute atomic E-state index is 5.76. The van der Waals surface area contributed by atoms with Crippen LogP contribution in [0.2, 0.25) is 0 Å². The van der Waals surface area contributed by atoms with Gasteiger partial charge in [-0.1, -0.05) is 13.8 Å². The number of rotatable bonds is 4. The monoisotopic (exact) mass is 250 g/mol. The van der Waals surface area contributed by atoms with Crippen molar-refractivity contribution < 1.29 is 4.42 Å². The summed E-state index contributed by atoms with van der Waals surface area (Å²) in [7, 11) is 1.95. The van der Waals surface area contributed by atoms with Gasteiger partial charge in [0.2, 0.25) is 0 Å². The third-order valence-electron chi connectivity index (χ3n) is 3.76. The van der Waals surface area contributed by atoms with Crippen molar-refractivity contribution in [3.8, 4) is 0 Å². The topological polar surface area (TPSA) is 28.4 Å². The lowest BCUT2D eigenvalue weighted by Crippen LogP contribution is -2.38. The lowest BCUT2D eigenvalue weighted by molar-refractivity contribution is 0.134. The van der Waals surface area contributed by atoms with E-state index in [1.807, 2.05) is 7.05 Å². The number of hydrogen-bond acceptors (Lipinski definition) is 3. The van der Waals surface area contributed by atoms with E-state index in [1.54, 1.807) is 0 Å². The van der Waals surface area contributed by atoms with E-state index >= 15 is 0 Å². The van der Waals surface area contributed by atoms with Crippen LogP contribution in [-0.4, -0.2) is 25.0 Å². The van der Waals surface area contributed by atoms with Crippen LogP contribution < -0.4 is 5.32 Å². The second kappa shape index (κ2) is 5.89. The Morgan fingerprint density at radius 1 is 1.33 bits per heavy atom. The molecule has 0 saturated carbocycles. The molecule has 102 valence electrons. The molecule has 18 heavy (non-hydrogen) atoms. The standard InChI is InChI=1S/C15H26N2O/c1-11-5-12(2)9-17(8-11)10-14-6-15(7-16-4)18-13(14)3/h6,11-12,16H,5,7-10H2,1-4H3. The highest BCUT2D eigenvalue weighted by molar-refractivity contribution is 5.20. The van der Waals surface area contributed by atoms with Gasteiger partial charge in [-0.15, -0.1) is 0 Å². The van der Waals surface area contributed by atoms with E-state index in [2.05, 4.69) is 37.1 Å². The molecule has 1 aliphatic heterocycles. The summed E-state index contributed by atoms with van der Waals surface area (Å²) in [5.74, 6) is 3.75. The zero-order valence-electron chi connectivity index (χ0n) is 12.1. The molecule has 2 atom stereocenters. The van der Waals surface area contributed by atoms with Crippen molar-refractivity contribution >= 4 is 0 Å². The van der Waals surface area contributed by atoms with Crippen molar-refractivity contribution in [2.75, 3.05) is 20.1 Å². The molecule has 1 N–H and O–H groups in total. The van der Waals surface area contributed by atoms with Crippen LogP contribution >= 0.6 is 0 Å². The molecule has 1 aromatic heterocycles. The highest BCUT2D eigenvalue weighted by atomic mass is 16.3. The van der Waals surface area contributed by atoms with Crippen LogP contribution in [0.15, 0.2) is 10.5 Å². The van der Waals surface area contributed by atoms with Crippen LogP contribution in [0.3, 0.4) is 0 Å². The van der Waals surface area contributed by atoms with Gasteiger partial charge < -0.3 is 9.73 Å². The molecule has 3 nitrogen and oxygen atoms in total. The van der Waals surface area contributed by atoms with Crippen molar-refractivity contribution in [3.63, 3.8) is 0 Å². The zero-order valence-corrected chi connectivity index (χ0v) is 12.1. The lowest BCUT2D eigenvalue weighted by atomic mass is 9.91. The maximum Gasteiger partial charge on any atom is 0.118 e. The number of nitrogens with one attached hydrogen (secondary N) is 1. The predicted octanol–water partition coefficient (Wildman–Crippen LogP) is 2.79. The number of nitrogens with zero attached hydrogens (tertiary/aromatic N) is 1. The number of likely N-dealkylation sites (tertiary alicyclic amines) is 1. The average Bonchev–Trinajstić information content (AvgIpc) is 2.58. The van der Waals surface area contributed by atoms with E-state index in [0.717, 1.165) is 36.4 Å². The normalized spacial score (nSPS) is 25.6. The molecular formula is C15H26N2O. The quantitative estimate of drug-likeness (QED) is 0.890. The molecule has 0 spiro atoms. The second-order valence-electron chi connectivity index (χ2n) is 5.96. The van der Waals surface area contributed by atoms with Gasteiger partial charge >= 0.3 is 0 Å². The smallest absolute Gasteiger partial charge is 0.118 e. The summed E-state index contributed by atoms with van der Waals surface area (Å²) in [6.07, 6.45) is 1.37. The first kappa shape index (κ1) is 13.6. The number of piperidine rings is 1. The minimum Gasteiger partial charge on any atom is -0.465 e. The van der Waals surface area contributed by atoms with E-state index in [-0.39, 0.29) is 0 Å². The predicted molar refractivity (Wildman–Crippen MR) is 74.4 cm³/mol. The van der Waals surface area contributed by atoms with Gasteiger partial charge in [-0.2, -0.15) is 0 Å². The van der Waals surface area contributed by atoms with E-state index in [0.29, 0.717) is 0 Å². The Labute approximate surface area is 111 Å². The van der Waals surface area contributed by atoms with E-state index in [1.165, 1.54) is 25.1 Å². The highest BCUT2D eigenvalue weighted by Crippen LogP contribution is 2.24. The Hall–Kier alpha value is -0.800. The minimum atomic E-state index is 0.813. The molecule has 0 radical (unpaired) electrons. The molecule has 0 bridgehead atoms. The Morgan fingerprint density at radius 2 is 2.00 bits per heavy atom. The van der Waals surface area contributed by atoms with Gasteiger partial charge in [0.25, 0.3) is 0 Å². The van der Waals surface area contributed by atoms with Gasteiger partial charge in [0.1, 0.15) is 11.5 Å². The summed E-state index contributed by atoms with van der Waals surface area (Å²) in [6, 6.07) is 2.20. The molecule has 0 amide bonds. The molecule has 2 unspecified atom stereocenters. The first-order chi connectivity index (χ1) is 8.58. The van der Waals surface area contributed by atoms with Crippen LogP contribution in [0.1, 0.15) is 37.4 Å². The van der Waals surface area contributed by atoms with Crippen LogP contribution in [0, 0.1) is 18.8 Å². The Bertz CT molecular complexity index is 376. The van der Waals surface area contributed by atoms with Gasteiger partial charge in [-0.25, -0.2) is 0 Å². The van der Waals surface area contributed by atoms with Crippen molar-refractivity contribution in [2.45, 2.75) is 40.3 Å². The van der Waals surface area contributed by atoms with E-state index < -0.39 is 0 Å². The molecule has 3 heteroatoms. The molecule has 1 fully saturated rings. The van der Waals surface area contributed by atoms with Crippen LogP contribution in [0.25, 0.3) is 0 Å². The van der Waals surface area contributed by atoms with Gasteiger partial charge in [0, 0.05) is 25.2 Å². The molecule has 0 aromatic carbocycles. The van der Waals surface area contributed by atoms with Crippen LogP contribution in [0.4, 0.5) is 0 Å². The van der Waals surface area contributed by atoms with Crippen molar-refractivity contribution in [1.82, 2.24) is 10.2 Å². The van der Waals surface area contributed by atoms with Gasteiger partial charge in [-0.3, -0.25) is 4.90 Å². The fraction of sp³-hybridized carbons (Fsp3) is 0.733.